The fourth-order valence-electron chi connectivity index (χ4n) is 2.82. The van der Waals surface area contributed by atoms with Gasteiger partial charge in [0.25, 0.3) is 0 Å². The molecule has 1 rings (SSSR count). The van der Waals surface area contributed by atoms with Crippen LogP contribution < -0.4 is 0 Å². The molecular formula is C17H28O4. The fourth-order valence-corrected chi connectivity index (χ4v) is 2.82. The van der Waals surface area contributed by atoms with Crippen molar-refractivity contribution >= 4 is 11.9 Å². The Morgan fingerprint density at radius 3 is 2.14 bits per heavy atom. The summed E-state index contributed by atoms with van der Waals surface area (Å²) in [5.74, 6) is -2.42. The van der Waals surface area contributed by atoms with Gasteiger partial charge in [0.05, 0.1) is 0 Å². The van der Waals surface area contributed by atoms with Crippen molar-refractivity contribution < 1.29 is 19.4 Å². The molecule has 1 fully saturated rings. The SMILES string of the molecule is C=C1C(=O)O[C@H](CCCCCCCCCCC)[C@H]1C(=O)O. The van der Waals surface area contributed by atoms with E-state index < -0.39 is 24.0 Å². The molecule has 0 aromatic rings. The number of hydrogen-bond donors (Lipinski definition) is 1. The Labute approximate surface area is 127 Å². The van der Waals surface area contributed by atoms with Crippen molar-refractivity contribution in [2.24, 2.45) is 5.92 Å². The number of rotatable bonds is 11. The van der Waals surface area contributed by atoms with Gasteiger partial charge in [0.2, 0.25) is 0 Å². The highest BCUT2D eigenvalue weighted by molar-refractivity contribution is 5.97. The van der Waals surface area contributed by atoms with Crippen molar-refractivity contribution in [1.82, 2.24) is 0 Å². The average Bonchev–Trinajstić information content (AvgIpc) is 2.72. The summed E-state index contributed by atoms with van der Waals surface area (Å²) in [4.78, 5) is 22.5. The van der Waals surface area contributed by atoms with Crippen molar-refractivity contribution in [3.05, 3.63) is 12.2 Å². The molecule has 0 saturated carbocycles. The molecule has 1 saturated heterocycles. The number of carboxylic acid groups (broad SMARTS) is 1. The van der Waals surface area contributed by atoms with Gasteiger partial charge in [-0.3, -0.25) is 4.79 Å². The van der Waals surface area contributed by atoms with Crippen molar-refractivity contribution in [3.63, 3.8) is 0 Å². The van der Waals surface area contributed by atoms with Gasteiger partial charge in [-0.25, -0.2) is 4.79 Å². The second-order valence-corrected chi connectivity index (χ2v) is 5.90. The number of unbranched alkanes of at least 4 members (excludes halogenated alkanes) is 8. The summed E-state index contributed by atoms with van der Waals surface area (Å²) < 4.78 is 5.10. The number of aliphatic carboxylic acids is 1. The third-order valence-corrected chi connectivity index (χ3v) is 4.13. The molecule has 0 spiro atoms. The van der Waals surface area contributed by atoms with E-state index in [0.29, 0.717) is 6.42 Å². The summed E-state index contributed by atoms with van der Waals surface area (Å²) in [5.41, 5.74) is 0.0865. The molecule has 4 nitrogen and oxygen atoms in total. The van der Waals surface area contributed by atoms with Crippen molar-refractivity contribution in [3.8, 4) is 0 Å². The van der Waals surface area contributed by atoms with E-state index in [1.165, 1.54) is 44.9 Å². The minimum Gasteiger partial charge on any atom is -0.481 e. The molecule has 21 heavy (non-hydrogen) atoms. The first kappa shape index (κ1) is 17.7. The molecule has 4 heteroatoms. The molecule has 0 aromatic heterocycles. The van der Waals surface area contributed by atoms with Crippen LogP contribution >= 0.6 is 0 Å². The van der Waals surface area contributed by atoms with Crippen LogP contribution in [0.3, 0.4) is 0 Å². The van der Waals surface area contributed by atoms with E-state index in [0.717, 1.165) is 12.8 Å². The Morgan fingerprint density at radius 1 is 1.10 bits per heavy atom. The molecular weight excluding hydrogens is 268 g/mol. The lowest BCUT2D eigenvalue weighted by atomic mass is 9.93. The summed E-state index contributed by atoms with van der Waals surface area (Å²) in [6.45, 7) is 5.74. The van der Waals surface area contributed by atoms with Gasteiger partial charge in [-0.2, -0.15) is 0 Å². The van der Waals surface area contributed by atoms with E-state index >= 15 is 0 Å². The van der Waals surface area contributed by atoms with Gasteiger partial charge in [-0.15, -0.1) is 0 Å². The number of hydrogen-bond acceptors (Lipinski definition) is 3. The van der Waals surface area contributed by atoms with Gasteiger partial charge in [0, 0.05) is 5.57 Å². The predicted molar refractivity (Wildman–Crippen MR) is 82.0 cm³/mol. The van der Waals surface area contributed by atoms with E-state index in [2.05, 4.69) is 13.5 Å². The van der Waals surface area contributed by atoms with Crippen molar-refractivity contribution in [2.45, 2.75) is 77.2 Å². The van der Waals surface area contributed by atoms with Crippen LogP contribution in [0.5, 0.6) is 0 Å². The third-order valence-electron chi connectivity index (χ3n) is 4.13. The van der Waals surface area contributed by atoms with Gasteiger partial charge in [0.15, 0.2) is 0 Å². The number of carboxylic acids is 1. The maximum atomic E-state index is 11.4. The van der Waals surface area contributed by atoms with Crippen LogP contribution in [0.1, 0.15) is 71.1 Å². The number of cyclic esters (lactones) is 1. The second kappa shape index (κ2) is 9.59. The largest absolute Gasteiger partial charge is 0.481 e. The summed E-state index contributed by atoms with van der Waals surface area (Å²) in [6.07, 6.45) is 11.0. The monoisotopic (exact) mass is 296 g/mol. The van der Waals surface area contributed by atoms with E-state index in [1.54, 1.807) is 0 Å². The lowest BCUT2D eigenvalue weighted by molar-refractivity contribution is -0.144. The molecule has 0 amide bonds. The molecule has 0 aromatic carbocycles. The Kier molecular flexibility index (Phi) is 8.09. The Hall–Kier alpha value is -1.32. The standard InChI is InChI=1S/C17H28O4/c1-3-4-5-6-7-8-9-10-11-12-14-15(16(18)19)13(2)17(20)21-14/h14-15H,2-12H2,1H3,(H,18,19)/t14-,15+/m1/s1. The maximum absolute atomic E-state index is 11.4. The molecule has 1 heterocycles. The lowest BCUT2D eigenvalue weighted by Gasteiger charge is -2.13. The highest BCUT2D eigenvalue weighted by atomic mass is 16.6. The third kappa shape index (κ3) is 5.90. The van der Waals surface area contributed by atoms with E-state index in [1.807, 2.05) is 0 Å². The zero-order valence-corrected chi connectivity index (χ0v) is 13.1. The van der Waals surface area contributed by atoms with Crippen LogP contribution in [0.2, 0.25) is 0 Å². The first-order valence-electron chi connectivity index (χ1n) is 8.20. The first-order chi connectivity index (χ1) is 10.1. The maximum Gasteiger partial charge on any atom is 0.334 e. The van der Waals surface area contributed by atoms with Crippen LogP contribution in [0.15, 0.2) is 12.2 Å². The molecule has 0 radical (unpaired) electrons. The first-order valence-corrected chi connectivity index (χ1v) is 8.20. The highest BCUT2D eigenvalue weighted by Gasteiger charge is 2.42. The Balaban J connectivity index is 2.11. The number of carbonyl (C=O) groups excluding carboxylic acids is 1. The minimum atomic E-state index is -1.01. The van der Waals surface area contributed by atoms with Crippen LogP contribution in [-0.2, 0) is 14.3 Å². The zero-order chi connectivity index (χ0) is 15.7. The van der Waals surface area contributed by atoms with Crippen LogP contribution in [0, 0.1) is 5.92 Å². The number of ether oxygens (including phenoxy) is 1. The van der Waals surface area contributed by atoms with Gasteiger partial charge in [-0.1, -0.05) is 64.9 Å². The normalized spacial score (nSPS) is 21.6. The molecule has 1 aliphatic rings. The Morgan fingerprint density at radius 2 is 1.62 bits per heavy atom. The number of esters is 1. The van der Waals surface area contributed by atoms with Gasteiger partial charge >= 0.3 is 11.9 Å². The van der Waals surface area contributed by atoms with Crippen LogP contribution in [-0.4, -0.2) is 23.1 Å². The number of carbonyl (C=O) groups is 2. The van der Waals surface area contributed by atoms with Gasteiger partial charge in [-0.05, 0) is 12.8 Å². The molecule has 120 valence electrons. The predicted octanol–water partition coefficient (Wildman–Crippen LogP) is 4.09. The van der Waals surface area contributed by atoms with Crippen LogP contribution in [0.25, 0.3) is 0 Å². The average molecular weight is 296 g/mol. The molecule has 1 N–H and O–H groups in total. The minimum absolute atomic E-state index is 0.0865. The highest BCUT2D eigenvalue weighted by Crippen LogP contribution is 2.30. The second-order valence-electron chi connectivity index (χ2n) is 5.90. The summed E-state index contributed by atoms with van der Waals surface area (Å²) in [5, 5.41) is 9.12. The van der Waals surface area contributed by atoms with Gasteiger partial charge < -0.3 is 9.84 Å². The lowest BCUT2D eigenvalue weighted by Crippen LogP contribution is -2.24. The molecule has 0 unspecified atom stereocenters. The molecule has 2 atom stereocenters. The van der Waals surface area contributed by atoms with Crippen molar-refractivity contribution in [1.29, 1.82) is 0 Å². The fraction of sp³-hybridized carbons (Fsp3) is 0.765. The van der Waals surface area contributed by atoms with E-state index in [-0.39, 0.29) is 5.57 Å². The molecule has 0 bridgehead atoms. The summed E-state index contributed by atoms with van der Waals surface area (Å²) in [6, 6.07) is 0. The van der Waals surface area contributed by atoms with Gasteiger partial charge in [0.1, 0.15) is 12.0 Å². The topological polar surface area (TPSA) is 63.6 Å². The smallest absolute Gasteiger partial charge is 0.334 e. The summed E-state index contributed by atoms with van der Waals surface area (Å²) >= 11 is 0. The Bertz CT molecular complexity index is 362. The van der Waals surface area contributed by atoms with Crippen LogP contribution in [0.4, 0.5) is 0 Å². The molecule has 1 aliphatic heterocycles. The zero-order valence-electron chi connectivity index (χ0n) is 13.1. The molecule has 0 aliphatic carbocycles. The summed E-state index contributed by atoms with van der Waals surface area (Å²) in [7, 11) is 0. The van der Waals surface area contributed by atoms with E-state index in [4.69, 9.17) is 9.84 Å². The quantitative estimate of drug-likeness (QED) is 0.354. The van der Waals surface area contributed by atoms with Crippen molar-refractivity contribution in [2.75, 3.05) is 0 Å². The van der Waals surface area contributed by atoms with E-state index in [9.17, 15) is 9.59 Å².